The number of nitrogens with zero attached hydrogens (tertiary/aromatic N) is 1. The molecule has 1 aromatic carbocycles. The van der Waals surface area contributed by atoms with E-state index in [2.05, 4.69) is 20.6 Å². The van der Waals surface area contributed by atoms with Gasteiger partial charge in [-0.1, -0.05) is 13.8 Å². The Kier molecular flexibility index (Phi) is 5.48. The first-order valence-electron chi connectivity index (χ1n) is 9.70. The van der Waals surface area contributed by atoms with Crippen LogP contribution < -0.4 is 15.4 Å². The van der Waals surface area contributed by atoms with Crippen molar-refractivity contribution in [2.45, 2.75) is 25.4 Å². The zero-order chi connectivity index (χ0) is 22.2. The minimum Gasteiger partial charge on any atom is -0.450 e. The highest BCUT2D eigenvalue weighted by atomic mass is 19.1. The van der Waals surface area contributed by atoms with E-state index < -0.39 is 29.1 Å². The smallest absolute Gasteiger partial charge is 0.319 e. The van der Waals surface area contributed by atoms with Crippen molar-refractivity contribution in [1.82, 2.24) is 15.3 Å². The predicted molar refractivity (Wildman–Crippen MR) is 108 cm³/mol. The zero-order valence-corrected chi connectivity index (χ0v) is 16.9. The van der Waals surface area contributed by atoms with Crippen molar-refractivity contribution >= 4 is 22.8 Å². The van der Waals surface area contributed by atoms with Gasteiger partial charge in [0, 0.05) is 30.2 Å². The van der Waals surface area contributed by atoms with Crippen LogP contribution in [0.15, 0.2) is 30.6 Å². The first-order valence-corrected chi connectivity index (χ1v) is 9.70. The number of aromatic nitrogens is 2. The molecule has 3 N–H and O–H groups in total. The Labute approximate surface area is 175 Å². The molecule has 164 valence electrons. The van der Waals surface area contributed by atoms with Crippen molar-refractivity contribution in [2.75, 3.05) is 25.1 Å². The number of hydrogen-bond donors (Lipinski definition) is 3. The molecule has 4 rings (SSSR count). The van der Waals surface area contributed by atoms with Gasteiger partial charge in [-0.3, -0.25) is 0 Å². The van der Waals surface area contributed by atoms with Crippen LogP contribution in [-0.4, -0.2) is 41.4 Å². The Hall–Kier alpha value is -3.27. The van der Waals surface area contributed by atoms with Gasteiger partial charge in [0.1, 0.15) is 11.4 Å². The fourth-order valence-corrected chi connectivity index (χ4v) is 3.27. The van der Waals surface area contributed by atoms with E-state index in [1.807, 2.05) is 13.8 Å². The SMILES string of the molecule is CC(C)c1c[nH]c2nccc(Oc3c(F)cc(NC(=O)NCC4(F)COC4)cc3F)c12. The molecule has 2 amide bonds. The van der Waals surface area contributed by atoms with E-state index in [-0.39, 0.29) is 37.1 Å². The minimum absolute atomic E-state index is 0.107. The maximum atomic E-state index is 14.6. The molecule has 31 heavy (non-hydrogen) atoms. The number of anilines is 1. The number of aromatic amines is 1. The van der Waals surface area contributed by atoms with Gasteiger partial charge in [0.25, 0.3) is 0 Å². The Morgan fingerprint density at radius 2 is 2.03 bits per heavy atom. The van der Waals surface area contributed by atoms with Crippen LogP contribution in [-0.2, 0) is 4.74 Å². The molecular weight excluding hydrogens is 413 g/mol. The van der Waals surface area contributed by atoms with Gasteiger partial charge in [-0.2, -0.15) is 0 Å². The molecule has 7 nitrogen and oxygen atoms in total. The molecule has 3 aromatic rings. The number of amides is 2. The number of fused-ring (bicyclic) bond motifs is 1. The van der Waals surface area contributed by atoms with Gasteiger partial charge in [-0.25, -0.2) is 22.9 Å². The first kappa shape index (κ1) is 21.0. The second-order valence-electron chi connectivity index (χ2n) is 7.75. The van der Waals surface area contributed by atoms with E-state index in [9.17, 15) is 18.0 Å². The van der Waals surface area contributed by atoms with Crippen molar-refractivity contribution in [1.29, 1.82) is 0 Å². The first-order chi connectivity index (χ1) is 14.8. The molecule has 1 saturated heterocycles. The van der Waals surface area contributed by atoms with Gasteiger partial charge in [0.15, 0.2) is 23.1 Å². The number of benzene rings is 1. The number of alkyl halides is 1. The van der Waals surface area contributed by atoms with Crippen molar-refractivity contribution in [3.05, 3.63) is 47.8 Å². The highest BCUT2D eigenvalue weighted by Crippen LogP contribution is 2.37. The third-order valence-corrected chi connectivity index (χ3v) is 4.94. The van der Waals surface area contributed by atoms with E-state index >= 15 is 0 Å². The van der Waals surface area contributed by atoms with E-state index in [4.69, 9.17) is 9.47 Å². The number of carbonyl (C=O) groups is 1. The average molecular weight is 434 g/mol. The number of halogens is 3. The molecule has 1 aliphatic rings. The van der Waals surface area contributed by atoms with Crippen LogP contribution in [0.5, 0.6) is 11.5 Å². The lowest BCUT2D eigenvalue weighted by Gasteiger charge is -2.33. The maximum Gasteiger partial charge on any atom is 0.319 e. The van der Waals surface area contributed by atoms with Crippen molar-refractivity contribution < 1.29 is 27.4 Å². The monoisotopic (exact) mass is 434 g/mol. The average Bonchev–Trinajstić information content (AvgIpc) is 3.13. The summed E-state index contributed by atoms with van der Waals surface area (Å²) in [6.07, 6.45) is 3.25. The van der Waals surface area contributed by atoms with Crippen LogP contribution in [0, 0.1) is 11.6 Å². The van der Waals surface area contributed by atoms with Crippen molar-refractivity contribution in [2.24, 2.45) is 0 Å². The van der Waals surface area contributed by atoms with Crippen LogP contribution in [0.1, 0.15) is 25.3 Å². The third kappa shape index (κ3) is 4.29. The molecule has 0 bridgehead atoms. The summed E-state index contributed by atoms with van der Waals surface area (Å²) >= 11 is 0. The Morgan fingerprint density at radius 1 is 1.32 bits per heavy atom. The highest BCUT2D eigenvalue weighted by molar-refractivity contribution is 5.89. The number of H-pyrrole nitrogens is 1. The standard InChI is InChI=1S/C21H21F3N4O3/c1-11(2)13-7-26-19-17(13)16(3-4-25-19)31-18-14(22)5-12(6-15(18)23)28-20(29)27-8-21(24)9-30-10-21/h3-7,11H,8-10H2,1-2H3,(H,25,26)(H2,27,28,29). The van der Waals surface area contributed by atoms with Crippen LogP contribution in [0.3, 0.4) is 0 Å². The van der Waals surface area contributed by atoms with Gasteiger partial charge in [-0.05, 0) is 17.5 Å². The molecule has 1 fully saturated rings. The molecule has 0 unspecified atom stereocenters. The summed E-state index contributed by atoms with van der Waals surface area (Å²) in [7, 11) is 0. The summed E-state index contributed by atoms with van der Waals surface area (Å²) in [5.74, 6) is -2.23. The molecular formula is C21H21F3N4O3. The van der Waals surface area contributed by atoms with Gasteiger partial charge in [0.2, 0.25) is 0 Å². The molecule has 0 radical (unpaired) electrons. The number of urea groups is 1. The zero-order valence-electron chi connectivity index (χ0n) is 16.9. The summed E-state index contributed by atoms with van der Waals surface area (Å²) in [6.45, 7) is 3.48. The Bertz CT molecular complexity index is 1110. The highest BCUT2D eigenvalue weighted by Gasteiger charge is 2.39. The van der Waals surface area contributed by atoms with Gasteiger partial charge < -0.3 is 25.1 Å². The summed E-state index contributed by atoms with van der Waals surface area (Å²) in [5, 5.41) is 5.22. The molecule has 0 spiro atoms. The quantitative estimate of drug-likeness (QED) is 0.528. The number of rotatable bonds is 6. The van der Waals surface area contributed by atoms with Crippen LogP contribution >= 0.6 is 0 Å². The molecule has 1 aliphatic heterocycles. The second-order valence-corrected chi connectivity index (χ2v) is 7.75. The number of carbonyl (C=O) groups excluding carboxylic acids is 1. The number of hydrogen-bond acceptors (Lipinski definition) is 4. The number of ether oxygens (including phenoxy) is 2. The molecule has 0 atom stereocenters. The summed E-state index contributed by atoms with van der Waals surface area (Å²) in [6, 6.07) is 2.58. The number of nitrogens with one attached hydrogen (secondary N) is 3. The second kappa shape index (κ2) is 8.10. The van der Waals surface area contributed by atoms with Crippen molar-refractivity contribution in [3.8, 4) is 11.5 Å². The third-order valence-electron chi connectivity index (χ3n) is 4.94. The van der Waals surface area contributed by atoms with Gasteiger partial charge >= 0.3 is 6.03 Å². The topological polar surface area (TPSA) is 88.3 Å². The van der Waals surface area contributed by atoms with E-state index in [1.165, 1.54) is 12.3 Å². The lowest BCUT2D eigenvalue weighted by Crippen LogP contribution is -2.54. The summed E-state index contributed by atoms with van der Waals surface area (Å²) in [5.41, 5.74) is -0.313. The maximum absolute atomic E-state index is 14.6. The normalized spacial score (nSPS) is 15.0. The van der Waals surface area contributed by atoms with Crippen molar-refractivity contribution in [3.63, 3.8) is 0 Å². The number of pyridine rings is 1. The molecule has 2 aromatic heterocycles. The fraction of sp³-hybridized carbons (Fsp3) is 0.333. The van der Waals surface area contributed by atoms with Crippen LogP contribution in [0.4, 0.5) is 23.7 Å². The van der Waals surface area contributed by atoms with E-state index in [0.29, 0.717) is 11.0 Å². The van der Waals surface area contributed by atoms with Gasteiger partial charge in [0.05, 0.1) is 25.1 Å². The lowest BCUT2D eigenvalue weighted by atomic mass is 10.0. The Morgan fingerprint density at radius 3 is 2.65 bits per heavy atom. The van der Waals surface area contributed by atoms with Gasteiger partial charge in [-0.15, -0.1) is 0 Å². The summed E-state index contributed by atoms with van der Waals surface area (Å²) < 4.78 is 53.5. The largest absolute Gasteiger partial charge is 0.450 e. The molecule has 10 heteroatoms. The Balaban J connectivity index is 1.52. The molecule has 0 aliphatic carbocycles. The molecule has 3 heterocycles. The molecule has 0 saturated carbocycles. The summed E-state index contributed by atoms with van der Waals surface area (Å²) in [4.78, 5) is 19.1. The fourth-order valence-electron chi connectivity index (χ4n) is 3.27. The van der Waals surface area contributed by atoms with E-state index in [0.717, 1.165) is 17.7 Å². The van der Waals surface area contributed by atoms with Crippen LogP contribution in [0.2, 0.25) is 0 Å². The minimum atomic E-state index is -1.62. The predicted octanol–water partition coefficient (Wildman–Crippen LogP) is 4.62. The van der Waals surface area contributed by atoms with E-state index in [1.54, 1.807) is 6.20 Å². The lowest BCUT2D eigenvalue weighted by molar-refractivity contribution is -0.125. The van der Waals surface area contributed by atoms with Crippen LogP contribution in [0.25, 0.3) is 11.0 Å².